The molecule has 2 aromatic rings. The Kier molecular flexibility index (Phi) is 3.14. The monoisotopic (exact) mass is 285 g/mol. The topological polar surface area (TPSA) is 41.6 Å². The van der Waals surface area contributed by atoms with Crippen LogP contribution in [0.1, 0.15) is 12.5 Å². The Morgan fingerprint density at radius 1 is 1.15 bits per heavy atom. The van der Waals surface area contributed by atoms with Crippen molar-refractivity contribution in [1.82, 2.24) is 0 Å². The highest BCUT2D eigenvalue weighted by Crippen LogP contribution is 2.37. The molecule has 3 nitrogen and oxygen atoms in total. The zero-order chi connectivity index (χ0) is 14.2. The van der Waals surface area contributed by atoms with Crippen LogP contribution in [0.15, 0.2) is 59.6 Å². The molecule has 0 saturated carbocycles. The lowest BCUT2D eigenvalue weighted by atomic mass is 9.90. The first-order chi connectivity index (χ1) is 9.61. The third kappa shape index (κ3) is 2.04. The van der Waals surface area contributed by atoms with Crippen LogP contribution in [-0.4, -0.2) is 12.5 Å². The van der Waals surface area contributed by atoms with E-state index in [-0.39, 0.29) is 5.54 Å². The third-order valence-corrected chi connectivity index (χ3v) is 3.97. The number of anilines is 1. The van der Waals surface area contributed by atoms with Crippen molar-refractivity contribution in [2.75, 3.05) is 11.4 Å². The lowest BCUT2D eigenvalue weighted by molar-refractivity contribution is 0.533. The molecule has 2 N–H and O–H groups in total. The molecule has 0 amide bonds. The summed E-state index contributed by atoms with van der Waals surface area (Å²) in [5.74, 6) is 0.540. The van der Waals surface area contributed by atoms with Gasteiger partial charge in [-0.05, 0) is 36.8 Å². The van der Waals surface area contributed by atoms with Gasteiger partial charge in [0.2, 0.25) is 0 Å². The number of hydrogen-bond acceptors (Lipinski definition) is 3. The molecule has 1 unspecified atom stereocenters. The number of benzene rings is 2. The standard InChI is InChI=1S/C16H16ClN3/c1-16(12-6-5-7-13(17)10-12)11-19-15(18)20(16)14-8-3-2-4-9-14/h2-10H,11H2,1H3,(H2,18,19). The fourth-order valence-corrected chi connectivity index (χ4v) is 2.86. The first-order valence-electron chi connectivity index (χ1n) is 6.52. The highest BCUT2D eigenvalue weighted by molar-refractivity contribution is 6.30. The van der Waals surface area contributed by atoms with Crippen molar-refractivity contribution in [3.63, 3.8) is 0 Å². The van der Waals surface area contributed by atoms with Gasteiger partial charge in [-0.1, -0.05) is 41.9 Å². The SMILES string of the molecule is CC1(c2cccc(Cl)c2)CN=C(N)N1c1ccccc1. The van der Waals surface area contributed by atoms with Gasteiger partial charge in [0.1, 0.15) is 0 Å². The summed E-state index contributed by atoms with van der Waals surface area (Å²) in [6.45, 7) is 2.75. The van der Waals surface area contributed by atoms with Gasteiger partial charge in [0, 0.05) is 10.7 Å². The van der Waals surface area contributed by atoms with Crippen LogP contribution >= 0.6 is 11.6 Å². The van der Waals surface area contributed by atoms with Gasteiger partial charge in [0.15, 0.2) is 5.96 Å². The summed E-state index contributed by atoms with van der Waals surface area (Å²) >= 11 is 6.13. The Balaban J connectivity index is 2.09. The van der Waals surface area contributed by atoms with Crippen LogP contribution in [0.3, 0.4) is 0 Å². The first kappa shape index (κ1) is 13.0. The summed E-state index contributed by atoms with van der Waals surface area (Å²) in [4.78, 5) is 6.50. The van der Waals surface area contributed by atoms with Crippen LogP contribution in [-0.2, 0) is 5.54 Å². The molecule has 20 heavy (non-hydrogen) atoms. The number of guanidine groups is 1. The minimum Gasteiger partial charge on any atom is -0.369 e. The normalized spacial score (nSPS) is 21.9. The van der Waals surface area contributed by atoms with Crippen molar-refractivity contribution < 1.29 is 0 Å². The number of nitrogens with two attached hydrogens (primary N) is 1. The zero-order valence-corrected chi connectivity index (χ0v) is 12.0. The van der Waals surface area contributed by atoms with E-state index < -0.39 is 0 Å². The van der Waals surface area contributed by atoms with Gasteiger partial charge in [-0.25, -0.2) is 0 Å². The molecule has 0 fully saturated rings. The smallest absolute Gasteiger partial charge is 0.196 e. The second kappa shape index (κ2) is 4.84. The molecule has 1 atom stereocenters. The molecule has 0 radical (unpaired) electrons. The van der Waals surface area contributed by atoms with E-state index in [2.05, 4.69) is 22.9 Å². The van der Waals surface area contributed by atoms with Gasteiger partial charge in [0.25, 0.3) is 0 Å². The van der Waals surface area contributed by atoms with Crippen LogP contribution in [0.2, 0.25) is 5.02 Å². The van der Waals surface area contributed by atoms with Crippen LogP contribution in [0, 0.1) is 0 Å². The Morgan fingerprint density at radius 2 is 1.90 bits per heavy atom. The Morgan fingerprint density at radius 3 is 2.60 bits per heavy atom. The van der Waals surface area contributed by atoms with Gasteiger partial charge < -0.3 is 10.6 Å². The van der Waals surface area contributed by atoms with E-state index in [0.29, 0.717) is 12.5 Å². The predicted octanol–water partition coefficient (Wildman–Crippen LogP) is 3.39. The summed E-state index contributed by atoms with van der Waals surface area (Å²) in [5, 5.41) is 0.724. The molecule has 1 aliphatic heterocycles. The fraction of sp³-hybridized carbons (Fsp3) is 0.188. The van der Waals surface area contributed by atoms with Crippen LogP contribution < -0.4 is 10.6 Å². The van der Waals surface area contributed by atoms with Crippen molar-refractivity contribution in [3.05, 3.63) is 65.2 Å². The Bertz CT molecular complexity index is 654. The minimum atomic E-state index is -0.309. The maximum absolute atomic E-state index is 6.13. The van der Waals surface area contributed by atoms with Crippen molar-refractivity contribution in [1.29, 1.82) is 0 Å². The van der Waals surface area contributed by atoms with Crippen LogP contribution in [0.25, 0.3) is 0 Å². The molecule has 0 aromatic heterocycles. The van der Waals surface area contributed by atoms with E-state index in [1.165, 1.54) is 0 Å². The fourth-order valence-electron chi connectivity index (χ4n) is 2.67. The van der Waals surface area contributed by atoms with Crippen LogP contribution in [0.5, 0.6) is 0 Å². The van der Waals surface area contributed by atoms with Crippen molar-refractivity contribution in [2.24, 2.45) is 10.7 Å². The molecule has 0 bridgehead atoms. The molecule has 2 aromatic carbocycles. The minimum absolute atomic E-state index is 0.309. The van der Waals surface area contributed by atoms with E-state index in [9.17, 15) is 0 Å². The lowest BCUT2D eigenvalue weighted by Crippen LogP contribution is -2.47. The Hall–Kier alpha value is -2.00. The number of hydrogen-bond donors (Lipinski definition) is 1. The van der Waals surface area contributed by atoms with E-state index in [4.69, 9.17) is 17.3 Å². The van der Waals surface area contributed by atoms with Crippen molar-refractivity contribution in [2.45, 2.75) is 12.5 Å². The van der Waals surface area contributed by atoms with Gasteiger partial charge >= 0.3 is 0 Å². The highest BCUT2D eigenvalue weighted by Gasteiger charge is 2.40. The van der Waals surface area contributed by atoms with Gasteiger partial charge in [0.05, 0.1) is 12.1 Å². The third-order valence-electron chi connectivity index (χ3n) is 3.73. The summed E-state index contributed by atoms with van der Waals surface area (Å²) in [6.07, 6.45) is 0. The number of halogens is 1. The van der Waals surface area contributed by atoms with E-state index in [1.54, 1.807) is 0 Å². The molecule has 3 rings (SSSR count). The summed E-state index contributed by atoms with van der Waals surface area (Å²) in [5.41, 5.74) is 7.94. The second-order valence-corrected chi connectivity index (χ2v) is 5.57. The summed E-state index contributed by atoms with van der Waals surface area (Å²) < 4.78 is 0. The molecule has 4 heteroatoms. The number of rotatable bonds is 2. The van der Waals surface area contributed by atoms with Gasteiger partial charge in [-0.3, -0.25) is 4.99 Å². The highest BCUT2D eigenvalue weighted by atomic mass is 35.5. The number of nitrogens with zero attached hydrogens (tertiary/aromatic N) is 2. The van der Waals surface area contributed by atoms with Crippen molar-refractivity contribution >= 4 is 23.2 Å². The molecule has 0 saturated heterocycles. The number of para-hydroxylation sites is 1. The summed E-state index contributed by atoms with van der Waals surface area (Å²) in [6, 6.07) is 17.9. The quantitative estimate of drug-likeness (QED) is 0.919. The van der Waals surface area contributed by atoms with E-state index in [1.807, 2.05) is 48.5 Å². The molecule has 102 valence electrons. The Labute approximate surface area is 123 Å². The second-order valence-electron chi connectivity index (χ2n) is 5.13. The summed E-state index contributed by atoms with van der Waals surface area (Å²) in [7, 11) is 0. The lowest BCUT2D eigenvalue weighted by Gasteiger charge is -2.36. The first-order valence-corrected chi connectivity index (χ1v) is 6.90. The average Bonchev–Trinajstić information content (AvgIpc) is 2.77. The molecule has 1 heterocycles. The molecule has 0 aliphatic carbocycles. The molecular formula is C16H16ClN3. The average molecular weight is 286 g/mol. The predicted molar refractivity (Wildman–Crippen MR) is 84.2 cm³/mol. The van der Waals surface area contributed by atoms with E-state index >= 15 is 0 Å². The molecule has 0 spiro atoms. The zero-order valence-electron chi connectivity index (χ0n) is 11.3. The van der Waals surface area contributed by atoms with Crippen LogP contribution in [0.4, 0.5) is 5.69 Å². The maximum Gasteiger partial charge on any atom is 0.196 e. The van der Waals surface area contributed by atoms with E-state index in [0.717, 1.165) is 16.3 Å². The van der Waals surface area contributed by atoms with Gasteiger partial charge in [-0.15, -0.1) is 0 Å². The number of aliphatic imine (C=N–C) groups is 1. The van der Waals surface area contributed by atoms with Crippen molar-refractivity contribution in [3.8, 4) is 0 Å². The largest absolute Gasteiger partial charge is 0.369 e. The molecule has 1 aliphatic rings. The van der Waals surface area contributed by atoms with Gasteiger partial charge in [-0.2, -0.15) is 0 Å². The maximum atomic E-state index is 6.13. The molecular weight excluding hydrogens is 270 g/mol.